The Morgan fingerprint density at radius 1 is 1.03 bits per heavy atom. The Kier molecular flexibility index (Phi) is 8.03. The largest absolute Gasteiger partial charge is 1.00 e. The van der Waals surface area contributed by atoms with Crippen LogP contribution in [0.2, 0.25) is 0 Å². The van der Waals surface area contributed by atoms with Crippen LogP contribution >= 0.6 is 0 Å². The quantitative estimate of drug-likeness (QED) is 0.459. The normalized spacial score (nSPS) is 12.0. The Bertz CT molecular complexity index is 1040. The van der Waals surface area contributed by atoms with E-state index in [2.05, 4.69) is 19.7 Å². The van der Waals surface area contributed by atoms with Crippen LogP contribution in [-0.4, -0.2) is 36.5 Å². The van der Waals surface area contributed by atoms with Crippen molar-refractivity contribution in [3.05, 3.63) is 35.7 Å². The van der Waals surface area contributed by atoms with E-state index in [1.54, 1.807) is 5.32 Å². The van der Waals surface area contributed by atoms with Gasteiger partial charge in [-0.15, -0.1) is 0 Å². The number of urea groups is 1. The summed E-state index contributed by atoms with van der Waals surface area (Å²) in [5.41, 5.74) is -1.55. The van der Waals surface area contributed by atoms with E-state index in [1.807, 2.05) is 0 Å². The Labute approximate surface area is 188 Å². The molecule has 0 aliphatic heterocycles. The van der Waals surface area contributed by atoms with Crippen LogP contribution in [0.4, 0.5) is 37.1 Å². The molecule has 1 heterocycles. The van der Waals surface area contributed by atoms with Crippen molar-refractivity contribution in [1.29, 1.82) is 0 Å². The summed E-state index contributed by atoms with van der Waals surface area (Å²) in [5, 5.41) is 1.56. The van der Waals surface area contributed by atoms with E-state index in [9.17, 15) is 39.6 Å². The number of sulfonamides is 1. The van der Waals surface area contributed by atoms with Gasteiger partial charge in [-0.1, -0.05) is 12.1 Å². The number of methoxy groups -OCH3 is 1. The number of aromatic nitrogens is 3. The minimum Gasteiger partial charge on any atom is -1.00 e. The van der Waals surface area contributed by atoms with Crippen molar-refractivity contribution in [2.24, 2.45) is 0 Å². The van der Waals surface area contributed by atoms with Gasteiger partial charge in [-0.2, -0.15) is 41.3 Å². The predicted molar refractivity (Wildman–Crippen MR) is 83.3 cm³/mol. The summed E-state index contributed by atoms with van der Waals surface area (Å²) in [4.78, 5) is 19.6. The summed E-state index contributed by atoms with van der Waals surface area (Å²) in [5.74, 6) is -2.81. The molecule has 9 nitrogen and oxygen atoms in total. The van der Waals surface area contributed by atoms with Gasteiger partial charge in [-0.3, -0.25) is 5.32 Å². The van der Waals surface area contributed by atoms with Crippen LogP contribution < -0.4 is 44.3 Å². The molecule has 17 heteroatoms. The van der Waals surface area contributed by atoms with Gasteiger partial charge in [0.15, 0.2) is 0 Å². The number of anilines is 1. The van der Waals surface area contributed by atoms with Crippen molar-refractivity contribution in [3.63, 3.8) is 0 Å². The number of hydrogen-bond acceptors (Lipinski definition) is 7. The van der Waals surface area contributed by atoms with Crippen molar-refractivity contribution in [1.82, 2.24) is 19.7 Å². The molecule has 0 radical (unpaired) electrons. The molecule has 160 valence electrons. The summed E-state index contributed by atoms with van der Waals surface area (Å²) in [7, 11) is -4.14. The molecule has 2 amide bonds. The van der Waals surface area contributed by atoms with Crippen LogP contribution in [0.3, 0.4) is 0 Å². The molecule has 0 aliphatic carbocycles. The van der Waals surface area contributed by atoms with Crippen LogP contribution in [-0.2, 0) is 22.4 Å². The first-order valence-corrected chi connectivity index (χ1v) is 8.59. The third-order valence-electron chi connectivity index (χ3n) is 2.99. The van der Waals surface area contributed by atoms with Gasteiger partial charge in [0.05, 0.1) is 17.6 Å². The Morgan fingerprint density at radius 3 is 2.17 bits per heavy atom. The van der Waals surface area contributed by atoms with E-state index in [-0.39, 0.29) is 31.0 Å². The average Bonchev–Trinajstić information content (AvgIpc) is 2.59. The molecule has 0 bridgehead atoms. The molecule has 2 rings (SSSR count). The van der Waals surface area contributed by atoms with E-state index in [0.717, 1.165) is 19.2 Å². The fraction of sp³-hybridized carbons (Fsp3) is 0.231. The molecule has 0 atom stereocenters. The van der Waals surface area contributed by atoms with Crippen LogP contribution in [0.1, 0.15) is 12.8 Å². The number of carbonyl (C=O) groups is 1. The van der Waals surface area contributed by atoms with Crippen molar-refractivity contribution in [3.8, 4) is 6.01 Å². The zero-order valence-corrected chi connectivity index (χ0v) is 17.8. The Morgan fingerprint density at radius 2 is 1.63 bits per heavy atom. The number of nitrogens with zero attached hydrogens (tertiary/aromatic N) is 3. The zero-order valence-electron chi connectivity index (χ0n) is 16.0. The molecule has 0 saturated carbocycles. The van der Waals surface area contributed by atoms with Crippen LogP contribution in [0.25, 0.3) is 0 Å². The van der Waals surface area contributed by atoms with E-state index in [1.165, 1.54) is 4.72 Å². The van der Waals surface area contributed by atoms with Gasteiger partial charge >= 0.3 is 54.0 Å². The van der Waals surface area contributed by atoms with E-state index >= 15 is 0 Å². The third-order valence-corrected chi connectivity index (χ3v) is 4.37. The Hall–Kier alpha value is -2.17. The SMILES string of the molecule is COc1nc(NC(=O)NS(=O)(=O)c2ccccc2C(F)(F)F)nc(C(F)(F)F)n1.[H-].[Na+]. The number of hydrogen-bond donors (Lipinski definition) is 2. The van der Waals surface area contributed by atoms with Gasteiger partial charge in [0.25, 0.3) is 10.0 Å². The summed E-state index contributed by atoms with van der Waals surface area (Å²) < 4.78 is 107. The zero-order chi connectivity index (χ0) is 22.0. The van der Waals surface area contributed by atoms with E-state index < -0.39 is 56.6 Å². The van der Waals surface area contributed by atoms with Crippen molar-refractivity contribution in [2.45, 2.75) is 17.2 Å². The monoisotopic (exact) mass is 469 g/mol. The Balaban J connectivity index is 0.00000450. The molecule has 0 saturated heterocycles. The number of ether oxygens (including phenoxy) is 1. The molecule has 2 aromatic rings. The average molecular weight is 469 g/mol. The number of alkyl halides is 6. The van der Waals surface area contributed by atoms with E-state index in [0.29, 0.717) is 12.1 Å². The molecule has 1 aromatic heterocycles. The molecule has 2 N–H and O–H groups in total. The number of benzene rings is 1. The maximum atomic E-state index is 13.0. The number of nitrogens with one attached hydrogen (secondary N) is 2. The molecule has 30 heavy (non-hydrogen) atoms. The van der Waals surface area contributed by atoms with Gasteiger partial charge < -0.3 is 6.16 Å². The standard InChI is InChI=1S/C13H9F6N5O4S.Na.H/c1-28-11-21-8(13(17,18)19)20-9(23-11)22-10(25)24-29(26,27)7-5-3-2-4-6(7)12(14,15)16;;/h2-5H,1H3,(H2,20,21,22,23,24,25);;/q;+1;-1. The van der Waals surface area contributed by atoms with Gasteiger partial charge in [0.1, 0.15) is 0 Å². The fourth-order valence-corrected chi connectivity index (χ4v) is 3.01. The summed E-state index contributed by atoms with van der Waals surface area (Å²) in [6.45, 7) is 0. The summed E-state index contributed by atoms with van der Waals surface area (Å²) in [6, 6.07) is 0.396. The number of rotatable bonds is 4. The first-order valence-electron chi connectivity index (χ1n) is 7.11. The second-order valence-corrected chi connectivity index (χ2v) is 6.67. The third kappa shape index (κ3) is 6.41. The maximum Gasteiger partial charge on any atom is 1.00 e. The van der Waals surface area contributed by atoms with Crippen LogP contribution in [0.5, 0.6) is 6.01 Å². The maximum absolute atomic E-state index is 13.0. The van der Waals surface area contributed by atoms with Gasteiger partial charge in [-0.25, -0.2) is 17.9 Å². The molecule has 1 aromatic carbocycles. The topological polar surface area (TPSA) is 123 Å². The smallest absolute Gasteiger partial charge is 1.00 e. The molecular weight excluding hydrogens is 459 g/mol. The number of amides is 2. The van der Waals surface area contributed by atoms with Crippen LogP contribution in [0, 0.1) is 0 Å². The van der Waals surface area contributed by atoms with Gasteiger partial charge in [0, 0.05) is 0 Å². The van der Waals surface area contributed by atoms with Gasteiger partial charge in [-0.05, 0) is 12.1 Å². The molecule has 0 unspecified atom stereocenters. The van der Waals surface area contributed by atoms with Gasteiger partial charge in [0.2, 0.25) is 11.8 Å². The van der Waals surface area contributed by atoms with Crippen molar-refractivity contribution < 1.29 is 75.3 Å². The molecular formula is C13H10F6N5NaO4S. The first-order chi connectivity index (χ1) is 13.2. The second kappa shape index (κ2) is 9.32. The van der Waals surface area contributed by atoms with E-state index in [4.69, 9.17) is 0 Å². The van der Waals surface area contributed by atoms with Crippen molar-refractivity contribution in [2.75, 3.05) is 12.4 Å². The fourth-order valence-electron chi connectivity index (χ4n) is 1.87. The summed E-state index contributed by atoms with van der Waals surface area (Å²) in [6.07, 6.45) is -10.1. The number of halogens is 6. The second-order valence-electron chi connectivity index (χ2n) is 5.02. The minimum atomic E-state index is -5.05. The molecule has 0 spiro atoms. The first kappa shape index (κ1) is 25.9. The number of carbonyl (C=O) groups excluding carboxylic acids is 1. The minimum absolute atomic E-state index is 0. The van der Waals surface area contributed by atoms with Crippen LogP contribution in [0.15, 0.2) is 29.2 Å². The molecule has 0 fully saturated rings. The predicted octanol–water partition coefficient (Wildman–Crippen LogP) is -0.455. The van der Waals surface area contributed by atoms with Crippen molar-refractivity contribution >= 4 is 22.0 Å². The summed E-state index contributed by atoms with van der Waals surface area (Å²) >= 11 is 0. The molecule has 0 aliphatic rings.